The van der Waals surface area contributed by atoms with E-state index in [1.54, 1.807) is 0 Å². The molecule has 0 aromatic carbocycles. The fourth-order valence-electron chi connectivity index (χ4n) is 0.779. The topological polar surface area (TPSA) is 0 Å². The van der Waals surface area contributed by atoms with Gasteiger partial charge in [0.25, 0.3) is 0 Å². The van der Waals surface area contributed by atoms with Gasteiger partial charge in [0.15, 0.2) is 0 Å². The zero-order valence-electron chi connectivity index (χ0n) is 6.43. The zero-order chi connectivity index (χ0) is 7.28. The molecule has 0 aliphatic heterocycles. The van der Waals surface area contributed by atoms with E-state index in [2.05, 4.69) is 37.7 Å². The Hall–Kier alpha value is -0.0862. The number of rotatable bonds is 4. The third kappa shape index (κ3) is 4.42. The monoisotopic (exact) mass is 156 g/mol. The molecule has 0 amide bonds. The van der Waals surface area contributed by atoms with E-state index in [4.69, 9.17) is 0 Å². The second-order valence-corrected chi connectivity index (χ2v) is 9.40. The normalized spacial score (nSPS) is 16.2. The van der Waals surface area contributed by atoms with Crippen LogP contribution in [-0.4, -0.2) is 17.6 Å². The van der Waals surface area contributed by atoms with E-state index in [0.29, 0.717) is 0 Å². The smallest absolute Gasteiger partial charge is 0.0551 e. The number of hydrogen-bond acceptors (Lipinski definition) is 0. The maximum Gasteiger partial charge on any atom is 0.0551 e. The first kappa shape index (κ1) is 8.91. The van der Waals surface area contributed by atoms with Crippen LogP contribution in [0.1, 0.15) is 0 Å². The maximum atomic E-state index is 3.80. The van der Waals surface area contributed by atoms with Crippen molar-refractivity contribution in [1.29, 1.82) is 0 Å². The largest absolute Gasteiger partial charge is 0.107 e. The van der Waals surface area contributed by atoms with E-state index in [1.807, 2.05) is 0 Å². The molecule has 0 saturated heterocycles. The molecule has 0 N–H and O–H groups in total. The summed E-state index contributed by atoms with van der Waals surface area (Å²) in [5.41, 5.74) is 5.77. The van der Waals surface area contributed by atoms with E-state index in [-0.39, 0.29) is 0 Å². The summed E-state index contributed by atoms with van der Waals surface area (Å²) in [4.78, 5) is 0. The van der Waals surface area contributed by atoms with Crippen LogP contribution in [0.4, 0.5) is 0 Å². The molecule has 0 aromatic rings. The van der Waals surface area contributed by atoms with Crippen LogP contribution in [0.5, 0.6) is 0 Å². The molecule has 2 atom stereocenters. The van der Waals surface area contributed by atoms with Gasteiger partial charge < -0.3 is 0 Å². The van der Waals surface area contributed by atoms with Gasteiger partial charge in [-0.25, -0.2) is 0 Å². The molecule has 0 rings (SSSR count). The molecule has 0 radical (unpaired) electrons. The van der Waals surface area contributed by atoms with Gasteiger partial charge in [-0.3, -0.25) is 0 Å². The van der Waals surface area contributed by atoms with E-state index in [0.717, 1.165) is 0 Å². The van der Waals surface area contributed by atoms with Crippen LogP contribution in [0.15, 0.2) is 24.6 Å². The average molecular weight is 156 g/mol. The van der Waals surface area contributed by atoms with Crippen LogP contribution in [0.3, 0.4) is 0 Å². The standard InChI is InChI=1S/C7H16Si2/c1-5-8(3)7-9(4)6-2/h5-6,8-9H,1-2,7H2,3-4H3. The van der Waals surface area contributed by atoms with Crippen molar-refractivity contribution in [3.8, 4) is 0 Å². The Bertz CT molecular complexity index is 87.1. The first-order valence-corrected chi connectivity index (χ1v) is 8.73. The molecule has 2 unspecified atom stereocenters. The van der Waals surface area contributed by atoms with Crippen molar-refractivity contribution < 1.29 is 0 Å². The minimum absolute atomic E-state index is 0.502. The molecule has 0 spiro atoms. The minimum atomic E-state index is -0.502. The van der Waals surface area contributed by atoms with E-state index in [1.165, 1.54) is 5.67 Å². The second-order valence-electron chi connectivity index (χ2n) is 2.66. The SMILES string of the molecule is C=C[SiH](C)C[SiH](C)C=C. The molecular formula is C7H16Si2. The van der Waals surface area contributed by atoms with Crippen molar-refractivity contribution in [2.45, 2.75) is 18.8 Å². The molecular weight excluding hydrogens is 140 g/mol. The quantitative estimate of drug-likeness (QED) is 0.543. The molecule has 0 heterocycles. The summed E-state index contributed by atoms with van der Waals surface area (Å²) in [5.74, 6) is 0. The highest BCUT2D eigenvalue weighted by molar-refractivity contribution is 6.81. The maximum absolute atomic E-state index is 3.80. The van der Waals surface area contributed by atoms with Gasteiger partial charge in [0, 0.05) is 0 Å². The van der Waals surface area contributed by atoms with Crippen molar-refractivity contribution in [2.75, 3.05) is 0 Å². The molecule has 0 aliphatic carbocycles. The average Bonchev–Trinajstić information content (AvgIpc) is 1.87. The Morgan fingerprint density at radius 3 is 1.67 bits per heavy atom. The van der Waals surface area contributed by atoms with Crippen LogP contribution in [0.2, 0.25) is 18.8 Å². The first-order valence-electron chi connectivity index (χ1n) is 3.45. The third-order valence-electron chi connectivity index (χ3n) is 1.55. The highest BCUT2D eigenvalue weighted by Crippen LogP contribution is 1.98. The molecule has 2 heteroatoms. The van der Waals surface area contributed by atoms with Gasteiger partial charge in [-0.2, -0.15) is 0 Å². The van der Waals surface area contributed by atoms with Crippen LogP contribution < -0.4 is 0 Å². The fraction of sp³-hybridized carbons (Fsp3) is 0.429. The van der Waals surface area contributed by atoms with Crippen molar-refractivity contribution in [3.63, 3.8) is 0 Å². The summed E-state index contributed by atoms with van der Waals surface area (Å²) < 4.78 is 0. The van der Waals surface area contributed by atoms with Crippen LogP contribution in [-0.2, 0) is 0 Å². The molecule has 0 nitrogen and oxygen atoms in total. The van der Waals surface area contributed by atoms with Gasteiger partial charge in [-0.15, -0.1) is 24.6 Å². The van der Waals surface area contributed by atoms with Crippen LogP contribution >= 0.6 is 0 Å². The number of hydrogen-bond donors (Lipinski definition) is 0. The summed E-state index contributed by atoms with van der Waals surface area (Å²) in [5, 5.41) is 0. The van der Waals surface area contributed by atoms with Crippen molar-refractivity contribution >= 4 is 17.6 Å². The second kappa shape index (κ2) is 4.76. The summed E-state index contributed by atoms with van der Waals surface area (Å²) in [6.45, 7) is 12.3. The molecule has 0 aromatic heterocycles. The van der Waals surface area contributed by atoms with E-state index in [9.17, 15) is 0 Å². The summed E-state index contributed by atoms with van der Waals surface area (Å²) in [6.07, 6.45) is 0. The Kier molecular flexibility index (Phi) is 4.72. The lowest BCUT2D eigenvalue weighted by Gasteiger charge is -2.05. The van der Waals surface area contributed by atoms with Gasteiger partial charge in [-0.05, 0) is 0 Å². The van der Waals surface area contributed by atoms with Gasteiger partial charge >= 0.3 is 0 Å². The van der Waals surface area contributed by atoms with Gasteiger partial charge in [-0.1, -0.05) is 18.8 Å². The van der Waals surface area contributed by atoms with Crippen molar-refractivity contribution in [3.05, 3.63) is 24.6 Å². The molecule has 0 saturated carbocycles. The molecule has 0 aliphatic rings. The highest BCUT2D eigenvalue weighted by Gasteiger charge is 2.03. The van der Waals surface area contributed by atoms with Crippen molar-refractivity contribution in [2.24, 2.45) is 0 Å². The summed E-state index contributed by atoms with van der Waals surface area (Å²) in [6, 6.07) is 0. The van der Waals surface area contributed by atoms with Gasteiger partial charge in [0.1, 0.15) is 0 Å². The molecule has 9 heavy (non-hydrogen) atoms. The lowest BCUT2D eigenvalue weighted by Crippen LogP contribution is -2.14. The lowest BCUT2D eigenvalue weighted by molar-refractivity contribution is 1.78. The summed E-state index contributed by atoms with van der Waals surface area (Å²) >= 11 is 0. The lowest BCUT2D eigenvalue weighted by atomic mass is 11.3. The van der Waals surface area contributed by atoms with E-state index >= 15 is 0 Å². The third-order valence-corrected chi connectivity index (χ3v) is 9.11. The highest BCUT2D eigenvalue weighted by atomic mass is 28.3. The minimum Gasteiger partial charge on any atom is -0.107 e. The van der Waals surface area contributed by atoms with Crippen LogP contribution in [0.25, 0.3) is 0 Å². The van der Waals surface area contributed by atoms with Crippen LogP contribution in [0, 0.1) is 0 Å². The van der Waals surface area contributed by atoms with Gasteiger partial charge in [0.05, 0.1) is 17.6 Å². The van der Waals surface area contributed by atoms with E-state index < -0.39 is 17.6 Å². The fourth-order valence-corrected chi connectivity index (χ4v) is 7.01. The van der Waals surface area contributed by atoms with Gasteiger partial charge in [0.2, 0.25) is 0 Å². The zero-order valence-corrected chi connectivity index (χ0v) is 8.74. The Balaban J connectivity index is 3.45. The Morgan fingerprint density at radius 2 is 1.44 bits per heavy atom. The predicted molar refractivity (Wildman–Crippen MR) is 51.2 cm³/mol. The summed E-state index contributed by atoms with van der Waals surface area (Å²) in [7, 11) is -1.00. The van der Waals surface area contributed by atoms with Crippen molar-refractivity contribution in [1.82, 2.24) is 0 Å². The molecule has 0 bridgehead atoms. The Labute approximate surface area is 61.5 Å². The first-order chi connectivity index (χ1) is 4.20. The molecule has 0 fully saturated rings. The molecule has 52 valence electrons. The Morgan fingerprint density at radius 1 is 1.11 bits per heavy atom. The predicted octanol–water partition coefficient (Wildman–Crippen LogP) is 1.69.